The van der Waals surface area contributed by atoms with Crippen LogP contribution in [0.3, 0.4) is 0 Å². The number of nitrogens with zero attached hydrogens (tertiary/aromatic N) is 2. The zero-order valence-electron chi connectivity index (χ0n) is 19.5. The minimum absolute atomic E-state index is 0.243. The van der Waals surface area contributed by atoms with Gasteiger partial charge in [0, 0.05) is 29.7 Å². The lowest BCUT2D eigenvalue weighted by Gasteiger charge is -2.29. The predicted molar refractivity (Wildman–Crippen MR) is 129 cm³/mol. The van der Waals surface area contributed by atoms with Gasteiger partial charge in [0.25, 0.3) is 0 Å². The first-order chi connectivity index (χ1) is 15.3. The molecule has 2 N–H and O–H groups in total. The second-order valence-electron chi connectivity index (χ2n) is 8.71. The van der Waals surface area contributed by atoms with Gasteiger partial charge in [-0.05, 0) is 94.7 Å². The fraction of sp³-hybridized carbons (Fsp3) is 0.423. The van der Waals surface area contributed by atoms with Gasteiger partial charge in [0.05, 0.1) is 5.69 Å². The molecule has 6 heteroatoms. The molecule has 5 nitrogen and oxygen atoms in total. The molecule has 32 heavy (non-hydrogen) atoms. The third kappa shape index (κ3) is 6.65. The van der Waals surface area contributed by atoms with Gasteiger partial charge in [-0.2, -0.15) is 0 Å². The molecule has 0 radical (unpaired) electrons. The van der Waals surface area contributed by atoms with Gasteiger partial charge >= 0.3 is 0 Å². The first-order valence-electron chi connectivity index (χ1n) is 11.2. The lowest BCUT2D eigenvalue weighted by Crippen LogP contribution is -2.35. The number of likely N-dealkylation sites (tertiary alicyclic amines) is 1. The van der Waals surface area contributed by atoms with Crippen LogP contribution in [0.25, 0.3) is 5.70 Å². The Balaban J connectivity index is 1.50. The Hall–Kier alpha value is -2.70. The van der Waals surface area contributed by atoms with Crippen molar-refractivity contribution in [3.05, 3.63) is 77.5 Å². The molecule has 0 spiro atoms. The van der Waals surface area contributed by atoms with Crippen molar-refractivity contribution in [2.45, 2.75) is 33.2 Å². The van der Waals surface area contributed by atoms with E-state index in [4.69, 9.17) is 4.74 Å². The van der Waals surface area contributed by atoms with Gasteiger partial charge in [-0.1, -0.05) is 13.2 Å². The molecule has 1 aromatic carbocycles. The monoisotopic (exact) mass is 438 g/mol. The number of piperidine rings is 1. The van der Waals surface area contributed by atoms with Crippen molar-refractivity contribution in [1.29, 1.82) is 0 Å². The highest BCUT2D eigenvalue weighted by atomic mass is 19.1. The Morgan fingerprint density at radius 1 is 1.22 bits per heavy atom. The van der Waals surface area contributed by atoms with Crippen LogP contribution >= 0.6 is 0 Å². The van der Waals surface area contributed by atoms with Crippen molar-refractivity contribution < 1.29 is 9.13 Å². The number of halogens is 1. The third-order valence-corrected chi connectivity index (χ3v) is 6.07. The summed E-state index contributed by atoms with van der Waals surface area (Å²) in [6, 6.07) is 6.66. The van der Waals surface area contributed by atoms with E-state index in [1.54, 1.807) is 19.1 Å². The van der Waals surface area contributed by atoms with Crippen LogP contribution in [0, 0.1) is 25.6 Å². The van der Waals surface area contributed by atoms with Crippen LogP contribution in [0.4, 0.5) is 4.39 Å². The molecule has 1 aliphatic heterocycles. The second kappa shape index (κ2) is 11.2. The van der Waals surface area contributed by atoms with E-state index in [0.29, 0.717) is 17.0 Å². The molecule has 1 aliphatic rings. The molecular weight excluding hydrogens is 403 g/mol. The summed E-state index contributed by atoms with van der Waals surface area (Å²) in [5.41, 5.74) is 5.12. The van der Waals surface area contributed by atoms with Crippen LogP contribution in [-0.4, -0.2) is 43.2 Å². The Kier molecular flexibility index (Phi) is 8.42. The van der Waals surface area contributed by atoms with Crippen LogP contribution in [0.2, 0.25) is 0 Å². The quantitative estimate of drug-likeness (QED) is 0.575. The minimum atomic E-state index is -0.243. The summed E-state index contributed by atoms with van der Waals surface area (Å²) in [4.78, 5) is 6.96. The molecule has 0 saturated carbocycles. The minimum Gasteiger partial charge on any atom is -0.487 e. The number of rotatable bonds is 10. The number of ether oxygens (including phenoxy) is 1. The van der Waals surface area contributed by atoms with Crippen molar-refractivity contribution in [2.75, 3.05) is 33.3 Å². The predicted octanol–water partition coefficient (Wildman–Crippen LogP) is 4.42. The van der Waals surface area contributed by atoms with E-state index in [1.807, 2.05) is 12.3 Å². The average molecular weight is 439 g/mol. The van der Waals surface area contributed by atoms with E-state index in [-0.39, 0.29) is 12.4 Å². The zero-order chi connectivity index (χ0) is 23.1. The molecule has 172 valence electrons. The molecule has 0 bridgehead atoms. The summed E-state index contributed by atoms with van der Waals surface area (Å²) in [7, 11) is 2.19. The summed E-state index contributed by atoms with van der Waals surface area (Å²) < 4.78 is 19.1. The molecular formula is C26H35FN4O. The number of aryl methyl sites for hydroxylation is 1. The normalized spacial score (nSPS) is 14.9. The molecule has 1 fully saturated rings. The molecule has 2 heterocycles. The number of hydrogen-bond acceptors (Lipinski definition) is 5. The van der Waals surface area contributed by atoms with E-state index in [9.17, 15) is 4.39 Å². The van der Waals surface area contributed by atoms with Crippen LogP contribution < -0.4 is 15.4 Å². The van der Waals surface area contributed by atoms with Crippen molar-refractivity contribution in [1.82, 2.24) is 20.5 Å². The first-order valence-corrected chi connectivity index (χ1v) is 11.2. The SMILES string of the molecule is C=C(COc1ccc(F)c(C)c1)NC(=C)c1ccnc(CNCC2CCN(C)CC2)c1C. The van der Waals surface area contributed by atoms with Crippen LogP contribution in [-0.2, 0) is 6.54 Å². The maximum Gasteiger partial charge on any atom is 0.127 e. The molecule has 0 unspecified atom stereocenters. The fourth-order valence-electron chi connectivity index (χ4n) is 3.94. The average Bonchev–Trinajstić information content (AvgIpc) is 2.77. The molecule has 3 rings (SSSR count). The fourth-order valence-corrected chi connectivity index (χ4v) is 3.94. The smallest absolute Gasteiger partial charge is 0.127 e. The van der Waals surface area contributed by atoms with Crippen LogP contribution in [0.1, 0.15) is 35.2 Å². The Bertz CT molecular complexity index is 951. The summed E-state index contributed by atoms with van der Waals surface area (Å²) in [6.07, 6.45) is 4.32. The van der Waals surface area contributed by atoms with Gasteiger partial charge in [0.2, 0.25) is 0 Å². The number of aromatic nitrogens is 1. The summed E-state index contributed by atoms with van der Waals surface area (Å²) in [6.45, 7) is 16.4. The summed E-state index contributed by atoms with van der Waals surface area (Å²) in [5.74, 6) is 1.10. The van der Waals surface area contributed by atoms with E-state index in [0.717, 1.165) is 41.5 Å². The van der Waals surface area contributed by atoms with Gasteiger partial charge in [-0.3, -0.25) is 4.98 Å². The van der Waals surface area contributed by atoms with Crippen molar-refractivity contribution in [3.8, 4) is 5.75 Å². The van der Waals surface area contributed by atoms with Crippen LogP contribution in [0.5, 0.6) is 5.75 Å². The number of hydrogen-bond donors (Lipinski definition) is 2. The number of benzene rings is 1. The standard InChI is InChI=1S/C26H35FN4O/c1-18-14-23(6-7-25(18)27)32-17-19(2)30-21(4)24-8-11-29-26(20(24)3)16-28-15-22-9-12-31(5)13-10-22/h6-8,11,14,22,28,30H,2,4,9-10,12-13,15-17H2,1,3,5H3. The highest BCUT2D eigenvalue weighted by molar-refractivity contribution is 5.66. The topological polar surface area (TPSA) is 49.4 Å². The number of nitrogens with one attached hydrogen (secondary N) is 2. The van der Waals surface area contributed by atoms with E-state index < -0.39 is 0 Å². The van der Waals surface area contributed by atoms with Gasteiger partial charge in [0.15, 0.2) is 0 Å². The van der Waals surface area contributed by atoms with Crippen LogP contribution in [0.15, 0.2) is 49.3 Å². The highest BCUT2D eigenvalue weighted by Gasteiger charge is 2.16. The van der Waals surface area contributed by atoms with E-state index in [1.165, 1.54) is 32.0 Å². The largest absolute Gasteiger partial charge is 0.487 e. The van der Waals surface area contributed by atoms with Gasteiger partial charge in [-0.25, -0.2) is 4.39 Å². The molecule has 1 saturated heterocycles. The van der Waals surface area contributed by atoms with E-state index >= 15 is 0 Å². The van der Waals surface area contributed by atoms with Crippen molar-refractivity contribution in [2.24, 2.45) is 5.92 Å². The van der Waals surface area contributed by atoms with Crippen molar-refractivity contribution >= 4 is 5.70 Å². The Labute approximate surface area is 191 Å². The number of pyridine rings is 1. The second-order valence-corrected chi connectivity index (χ2v) is 8.71. The molecule has 0 atom stereocenters. The first kappa shape index (κ1) is 24.0. The summed E-state index contributed by atoms with van der Waals surface area (Å²) >= 11 is 0. The molecule has 0 amide bonds. The molecule has 1 aromatic heterocycles. The molecule has 2 aromatic rings. The maximum absolute atomic E-state index is 13.4. The van der Waals surface area contributed by atoms with Gasteiger partial charge < -0.3 is 20.3 Å². The Morgan fingerprint density at radius 3 is 2.69 bits per heavy atom. The zero-order valence-corrected chi connectivity index (χ0v) is 19.5. The maximum atomic E-state index is 13.4. The highest BCUT2D eigenvalue weighted by Crippen LogP contribution is 2.20. The lowest BCUT2D eigenvalue weighted by molar-refractivity contribution is 0.216. The third-order valence-electron chi connectivity index (χ3n) is 6.07. The van der Waals surface area contributed by atoms with Crippen molar-refractivity contribution in [3.63, 3.8) is 0 Å². The summed E-state index contributed by atoms with van der Waals surface area (Å²) in [5, 5.41) is 6.82. The van der Waals surface area contributed by atoms with Gasteiger partial charge in [0.1, 0.15) is 18.2 Å². The van der Waals surface area contributed by atoms with E-state index in [2.05, 4.69) is 47.6 Å². The Morgan fingerprint density at radius 2 is 1.97 bits per heavy atom. The van der Waals surface area contributed by atoms with Gasteiger partial charge in [-0.15, -0.1) is 0 Å². The lowest BCUT2D eigenvalue weighted by atomic mass is 9.97. The molecule has 0 aliphatic carbocycles.